The summed E-state index contributed by atoms with van der Waals surface area (Å²) in [6.07, 6.45) is 2.30. The molecule has 3 aliphatic rings. The van der Waals surface area contributed by atoms with Gasteiger partial charge >= 0.3 is 6.21 Å². The van der Waals surface area contributed by atoms with Crippen molar-refractivity contribution in [3.05, 3.63) is 17.7 Å². The second-order valence-electron chi connectivity index (χ2n) is 7.01. The molecule has 4 heteroatoms. The van der Waals surface area contributed by atoms with E-state index in [1.165, 1.54) is 0 Å². The number of hydrogen-bond donors (Lipinski definition) is 0. The summed E-state index contributed by atoms with van der Waals surface area (Å²) < 4.78 is 0. The lowest BCUT2D eigenvalue weighted by Gasteiger charge is -2.59. The Labute approximate surface area is 119 Å². The van der Waals surface area contributed by atoms with Crippen LogP contribution in [-0.4, -0.2) is 22.6 Å². The van der Waals surface area contributed by atoms with E-state index in [0.717, 1.165) is 18.2 Å². The van der Waals surface area contributed by atoms with Crippen molar-refractivity contribution >= 4 is 17.8 Å². The average molecular weight is 274 g/mol. The molecule has 0 unspecified atom stereocenters. The molecule has 4 nitrogen and oxygen atoms in total. The van der Waals surface area contributed by atoms with Gasteiger partial charge in [-0.1, -0.05) is 32.9 Å². The number of hydrogen-bond acceptors (Lipinski definition) is 2. The molecule has 5 atom stereocenters. The molecule has 3 saturated carbocycles. The molecule has 0 radical (unpaired) electrons. The van der Waals surface area contributed by atoms with Crippen molar-refractivity contribution in [1.82, 2.24) is 0 Å². The topological polar surface area (TPSA) is 70.5 Å². The Hall–Kier alpha value is -1.54. The Balaban J connectivity index is 2.52. The van der Waals surface area contributed by atoms with E-state index < -0.39 is 10.8 Å². The molecular formula is C16H22N2O2. The van der Waals surface area contributed by atoms with Gasteiger partial charge in [-0.3, -0.25) is 9.59 Å². The van der Waals surface area contributed by atoms with E-state index in [-0.39, 0.29) is 29.3 Å². The van der Waals surface area contributed by atoms with Crippen molar-refractivity contribution in [2.24, 2.45) is 28.6 Å². The SMILES string of the molecule is C=C(C)[C@@H]1C[C@@H]2[C@H](C)C(=O)[C@@]1(C)C[C@@]2(C)C(=O)C=[N+]=[N-]. The second kappa shape index (κ2) is 4.49. The van der Waals surface area contributed by atoms with Crippen LogP contribution in [-0.2, 0) is 9.59 Å². The number of nitrogens with zero attached hydrogens (tertiary/aromatic N) is 2. The van der Waals surface area contributed by atoms with Crippen molar-refractivity contribution in [2.75, 3.05) is 0 Å². The first-order valence-electron chi connectivity index (χ1n) is 7.10. The zero-order valence-corrected chi connectivity index (χ0v) is 12.6. The number of rotatable bonds is 3. The summed E-state index contributed by atoms with van der Waals surface area (Å²) in [4.78, 5) is 27.9. The number of ketones is 2. The van der Waals surface area contributed by atoms with Crippen LogP contribution in [0, 0.1) is 28.6 Å². The number of allylic oxidation sites excluding steroid dienone is 1. The molecule has 0 aromatic carbocycles. The van der Waals surface area contributed by atoms with E-state index in [4.69, 9.17) is 5.53 Å². The Morgan fingerprint density at radius 3 is 2.60 bits per heavy atom. The molecule has 3 rings (SSSR count). The predicted octanol–water partition coefficient (Wildman–Crippen LogP) is 2.69. The van der Waals surface area contributed by atoms with E-state index in [2.05, 4.69) is 11.4 Å². The van der Waals surface area contributed by atoms with E-state index in [9.17, 15) is 9.59 Å². The maximum absolute atomic E-state index is 12.7. The number of Topliss-reactive ketones (excluding diaryl/α,β-unsaturated/α-hetero) is 2. The lowest BCUT2D eigenvalue weighted by atomic mass is 9.42. The molecule has 0 N–H and O–H groups in total. The molecule has 0 aliphatic heterocycles. The third-order valence-corrected chi connectivity index (χ3v) is 5.72. The van der Waals surface area contributed by atoms with Crippen molar-refractivity contribution in [3.8, 4) is 0 Å². The maximum atomic E-state index is 12.7. The highest BCUT2D eigenvalue weighted by atomic mass is 16.1. The molecule has 2 bridgehead atoms. The van der Waals surface area contributed by atoms with Crippen LogP contribution in [0.1, 0.15) is 40.5 Å². The molecule has 3 aliphatic carbocycles. The van der Waals surface area contributed by atoms with Crippen LogP contribution in [0.2, 0.25) is 0 Å². The largest absolute Gasteiger partial charge is 0.361 e. The first-order valence-corrected chi connectivity index (χ1v) is 7.10. The van der Waals surface area contributed by atoms with Gasteiger partial charge in [0.15, 0.2) is 0 Å². The summed E-state index contributed by atoms with van der Waals surface area (Å²) in [6, 6.07) is 0. The van der Waals surface area contributed by atoms with Crippen molar-refractivity contribution < 1.29 is 14.4 Å². The summed E-state index contributed by atoms with van der Waals surface area (Å²) >= 11 is 0. The lowest BCUT2D eigenvalue weighted by molar-refractivity contribution is -0.167. The van der Waals surface area contributed by atoms with E-state index in [1.54, 1.807) is 0 Å². The Morgan fingerprint density at radius 2 is 2.10 bits per heavy atom. The number of fused-ring (bicyclic) bond motifs is 3. The molecular weight excluding hydrogens is 252 g/mol. The van der Waals surface area contributed by atoms with Gasteiger partial charge in [0.25, 0.3) is 0 Å². The Kier molecular flexibility index (Phi) is 3.34. The van der Waals surface area contributed by atoms with Crippen LogP contribution >= 0.6 is 0 Å². The molecule has 108 valence electrons. The van der Waals surface area contributed by atoms with Crippen LogP contribution < -0.4 is 0 Å². The van der Waals surface area contributed by atoms with Gasteiger partial charge < -0.3 is 5.53 Å². The van der Waals surface area contributed by atoms with E-state index in [0.29, 0.717) is 6.42 Å². The minimum absolute atomic E-state index is 0.0102. The van der Waals surface area contributed by atoms with Gasteiger partial charge in [0, 0.05) is 16.7 Å². The minimum Gasteiger partial charge on any atom is -0.361 e. The fraction of sp³-hybridized carbons (Fsp3) is 0.688. The fourth-order valence-electron chi connectivity index (χ4n) is 4.72. The smallest absolute Gasteiger partial charge is 0.323 e. The predicted molar refractivity (Wildman–Crippen MR) is 76.1 cm³/mol. The number of carbonyl (C=O) groups excluding carboxylic acids is 2. The van der Waals surface area contributed by atoms with Gasteiger partial charge in [-0.2, -0.15) is 4.79 Å². The standard InChI is InChI=1S/C16H22N2O2/c1-9(2)11-6-12-10(3)14(20)16(11,5)8-15(12,4)13(19)7-18-17/h7,10-12H,1,6,8H2,2-5H3/t10-,11-,12+,15+,16-/m0/s1. The van der Waals surface area contributed by atoms with Crippen molar-refractivity contribution in [3.63, 3.8) is 0 Å². The van der Waals surface area contributed by atoms with Crippen LogP contribution in [0.25, 0.3) is 5.53 Å². The quantitative estimate of drug-likeness (QED) is 0.343. The highest BCUT2D eigenvalue weighted by Gasteiger charge is 2.64. The van der Waals surface area contributed by atoms with Gasteiger partial charge in [0.2, 0.25) is 5.78 Å². The highest BCUT2D eigenvalue weighted by Crippen LogP contribution is 2.62. The first-order chi connectivity index (χ1) is 9.18. The molecule has 3 fully saturated rings. The van der Waals surface area contributed by atoms with E-state index >= 15 is 0 Å². The Bertz CT molecular complexity index is 545. The van der Waals surface area contributed by atoms with Gasteiger partial charge in [-0.05, 0) is 31.6 Å². The normalized spacial score (nSPS) is 43.0. The monoisotopic (exact) mass is 274 g/mol. The van der Waals surface area contributed by atoms with Crippen molar-refractivity contribution in [1.29, 1.82) is 0 Å². The molecule has 0 aromatic heterocycles. The Morgan fingerprint density at radius 1 is 1.50 bits per heavy atom. The zero-order valence-electron chi connectivity index (χ0n) is 12.6. The van der Waals surface area contributed by atoms with E-state index in [1.807, 2.05) is 27.7 Å². The summed E-state index contributed by atoms with van der Waals surface area (Å²) in [7, 11) is 0. The average Bonchev–Trinajstić information content (AvgIpc) is 2.35. The summed E-state index contributed by atoms with van der Waals surface area (Å²) in [5, 5.41) is 0. The molecule has 20 heavy (non-hydrogen) atoms. The van der Waals surface area contributed by atoms with Gasteiger partial charge in [0.05, 0.1) is 0 Å². The maximum Gasteiger partial charge on any atom is 0.323 e. The van der Waals surface area contributed by atoms with Crippen LogP contribution in [0.5, 0.6) is 0 Å². The van der Waals surface area contributed by atoms with Gasteiger partial charge in [-0.15, -0.1) is 0 Å². The van der Waals surface area contributed by atoms with Gasteiger partial charge in [-0.25, -0.2) is 0 Å². The highest BCUT2D eigenvalue weighted by molar-refractivity contribution is 6.28. The molecule has 0 saturated heterocycles. The van der Waals surface area contributed by atoms with Crippen LogP contribution in [0.15, 0.2) is 12.2 Å². The lowest BCUT2D eigenvalue weighted by Crippen LogP contribution is -2.62. The van der Waals surface area contributed by atoms with Crippen LogP contribution in [0.4, 0.5) is 0 Å². The molecule has 0 spiro atoms. The molecule has 0 heterocycles. The number of carbonyl (C=O) groups is 2. The fourth-order valence-corrected chi connectivity index (χ4v) is 4.72. The minimum atomic E-state index is -0.625. The van der Waals surface area contributed by atoms with Gasteiger partial charge in [0.1, 0.15) is 5.78 Å². The molecule has 0 aromatic rings. The van der Waals surface area contributed by atoms with Crippen molar-refractivity contribution in [2.45, 2.75) is 40.5 Å². The first kappa shape index (κ1) is 14.9. The summed E-state index contributed by atoms with van der Waals surface area (Å²) in [5.41, 5.74) is 8.50. The summed E-state index contributed by atoms with van der Waals surface area (Å²) in [5.74, 6) is 0.0567. The molecule has 0 amide bonds. The zero-order chi connectivity index (χ0) is 15.3. The summed E-state index contributed by atoms with van der Waals surface area (Å²) in [6.45, 7) is 11.8. The van der Waals surface area contributed by atoms with Crippen LogP contribution in [0.3, 0.4) is 0 Å². The second-order valence-corrected chi connectivity index (χ2v) is 7.01. The third kappa shape index (κ3) is 1.75. The third-order valence-electron chi connectivity index (χ3n) is 5.72.